The molecular weight excluding hydrogens is 198 g/mol. The molecule has 0 aliphatic rings. The van der Waals surface area contributed by atoms with Crippen molar-refractivity contribution in [2.75, 3.05) is 26.3 Å². The molecule has 0 heterocycles. The third kappa shape index (κ3) is 4.77. The minimum absolute atomic E-state index is 0.465. The summed E-state index contributed by atoms with van der Waals surface area (Å²) in [6, 6.07) is 10.6. The van der Waals surface area contributed by atoms with E-state index < -0.39 is 0 Å². The number of hydrogen-bond acceptors (Lipinski definition) is 2. The first-order valence-electron chi connectivity index (χ1n) is 6.21. The molecule has 0 spiro atoms. The number of hydrogen-bond donors (Lipinski definition) is 1. The molecular formula is C14H23NO. The van der Waals surface area contributed by atoms with E-state index in [1.54, 1.807) is 0 Å². The van der Waals surface area contributed by atoms with Crippen molar-refractivity contribution in [1.82, 2.24) is 5.32 Å². The molecule has 0 amide bonds. The molecule has 0 saturated heterocycles. The van der Waals surface area contributed by atoms with Gasteiger partial charge in [0.1, 0.15) is 0 Å². The molecule has 0 radical (unpaired) electrons. The number of rotatable bonds is 8. The number of nitrogens with one attached hydrogen (secondary N) is 1. The second kappa shape index (κ2) is 8.31. The van der Waals surface area contributed by atoms with E-state index in [0.29, 0.717) is 5.92 Å². The first kappa shape index (κ1) is 13.2. The zero-order valence-electron chi connectivity index (χ0n) is 10.4. The third-order valence-electron chi connectivity index (χ3n) is 2.61. The Morgan fingerprint density at radius 1 is 1.19 bits per heavy atom. The highest BCUT2D eigenvalue weighted by atomic mass is 16.5. The molecule has 1 N–H and O–H groups in total. The van der Waals surface area contributed by atoms with Crippen molar-refractivity contribution in [2.45, 2.75) is 26.2 Å². The maximum atomic E-state index is 5.54. The van der Waals surface area contributed by atoms with Crippen molar-refractivity contribution in [3.63, 3.8) is 0 Å². The Balaban J connectivity index is 2.49. The Hall–Kier alpha value is -0.860. The lowest BCUT2D eigenvalue weighted by Crippen LogP contribution is -2.25. The average molecular weight is 221 g/mol. The van der Waals surface area contributed by atoms with Crippen molar-refractivity contribution in [2.24, 2.45) is 0 Å². The van der Waals surface area contributed by atoms with Crippen LogP contribution in [0.1, 0.15) is 31.7 Å². The lowest BCUT2D eigenvalue weighted by atomic mass is 10.00. The molecule has 90 valence electrons. The Morgan fingerprint density at radius 3 is 2.56 bits per heavy atom. The molecule has 1 aromatic rings. The Bertz CT molecular complexity index is 261. The lowest BCUT2D eigenvalue weighted by Gasteiger charge is -2.17. The molecule has 16 heavy (non-hydrogen) atoms. The van der Waals surface area contributed by atoms with Crippen LogP contribution in [0.3, 0.4) is 0 Å². The monoisotopic (exact) mass is 221 g/mol. The summed E-state index contributed by atoms with van der Waals surface area (Å²) in [6.45, 7) is 7.90. The van der Waals surface area contributed by atoms with E-state index >= 15 is 0 Å². The van der Waals surface area contributed by atoms with Crippen LogP contribution < -0.4 is 5.32 Å². The smallest absolute Gasteiger partial charge is 0.0546 e. The molecule has 1 aromatic carbocycles. The van der Waals surface area contributed by atoms with Crippen molar-refractivity contribution in [3.8, 4) is 0 Å². The Labute approximate surface area is 99.0 Å². The summed E-state index contributed by atoms with van der Waals surface area (Å²) in [4.78, 5) is 0. The van der Waals surface area contributed by atoms with Gasteiger partial charge in [0.05, 0.1) is 6.61 Å². The van der Waals surface area contributed by atoms with Crippen LogP contribution in [0.15, 0.2) is 30.3 Å². The number of ether oxygens (including phenoxy) is 1. The van der Waals surface area contributed by atoms with Gasteiger partial charge in [0.2, 0.25) is 0 Å². The molecule has 2 heteroatoms. The highest BCUT2D eigenvalue weighted by molar-refractivity contribution is 5.19. The van der Waals surface area contributed by atoms with Crippen LogP contribution in [0.4, 0.5) is 0 Å². The zero-order chi connectivity index (χ0) is 11.6. The first-order valence-corrected chi connectivity index (χ1v) is 6.21. The van der Waals surface area contributed by atoms with Gasteiger partial charge in [-0.25, -0.2) is 0 Å². The van der Waals surface area contributed by atoms with E-state index in [1.165, 1.54) is 12.0 Å². The van der Waals surface area contributed by atoms with Crippen LogP contribution in [0.5, 0.6) is 0 Å². The van der Waals surface area contributed by atoms with Gasteiger partial charge in [0, 0.05) is 19.1 Å². The first-order chi connectivity index (χ1) is 7.88. The summed E-state index contributed by atoms with van der Waals surface area (Å²) in [6.07, 6.45) is 1.18. The summed E-state index contributed by atoms with van der Waals surface area (Å²) in [5, 5.41) is 3.46. The fraction of sp³-hybridized carbons (Fsp3) is 0.571. The van der Waals surface area contributed by atoms with Crippen LogP contribution in [-0.4, -0.2) is 26.3 Å². The number of benzene rings is 1. The van der Waals surface area contributed by atoms with Gasteiger partial charge in [-0.1, -0.05) is 37.3 Å². The molecule has 1 rings (SSSR count). The molecule has 0 aliphatic carbocycles. The maximum Gasteiger partial charge on any atom is 0.0546 e. The highest BCUT2D eigenvalue weighted by Gasteiger charge is 2.10. The summed E-state index contributed by atoms with van der Waals surface area (Å²) < 4.78 is 5.54. The second-order valence-corrected chi connectivity index (χ2v) is 3.97. The van der Waals surface area contributed by atoms with E-state index in [9.17, 15) is 0 Å². The van der Waals surface area contributed by atoms with Crippen molar-refractivity contribution in [1.29, 1.82) is 0 Å². The zero-order valence-corrected chi connectivity index (χ0v) is 10.4. The molecule has 0 aliphatic heterocycles. The van der Waals surface area contributed by atoms with Gasteiger partial charge in [0.15, 0.2) is 0 Å². The van der Waals surface area contributed by atoms with Crippen LogP contribution in [0.2, 0.25) is 0 Å². The average Bonchev–Trinajstić information content (AvgIpc) is 2.35. The topological polar surface area (TPSA) is 21.3 Å². The molecule has 1 atom stereocenters. The maximum absolute atomic E-state index is 5.54. The van der Waals surface area contributed by atoms with Crippen molar-refractivity contribution < 1.29 is 4.74 Å². The third-order valence-corrected chi connectivity index (χ3v) is 2.61. The van der Waals surface area contributed by atoms with Crippen LogP contribution in [0, 0.1) is 0 Å². The van der Waals surface area contributed by atoms with Crippen molar-refractivity contribution in [3.05, 3.63) is 35.9 Å². The minimum Gasteiger partial charge on any atom is -0.381 e. The van der Waals surface area contributed by atoms with E-state index in [4.69, 9.17) is 4.74 Å². The quantitative estimate of drug-likeness (QED) is 0.682. The molecule has 0 aromatic heterocycles. The van der Waals surface area contributed by atoms with Crippen LogP contribution in [-0.2, 0) is 4.74 Å². The second-order valence-electron chi connectivity index (χ2n) is 3.97. The lowest BCUT2D eigenvalue weighted by molar-refractivity contribution is 0.131. The largest absolute Gasteiger partial charge is 0.381 e. The van der Waals surface area contributed by atoms with Gasteiger partial charge < -0.3 is 10.1 Å². The molecule has 1 unspecified atom stereocenters. The Kier molecular flexibility index (Phi) is 6.86. The summed E-state index contributed by atoms with van der Waals surface area (Å²) in [7, 11) is 0. The van der Waals surface area contributed by atoms with Gasteiger partial charge in [0.25, 0.3) is 0 Å². The summed E-state index contributed by atoms with van der Waals surface area (Å²) in [5.74, 6) is 0.465. The molecule has 0 bridgehead atoms. The van der Waals surface area contributed by atoms with E-state index in [2.05, 4.69) is 42.6 Å². The summed E-state index contributed by atoms with van der Waals surface area (Å²) in [5.41, 5.74) is 1.36. The van der Waals surface area contributed by atoms with Gasteiger partial charge >= 0.3 is 0 Å². The highest BCUT2D eigenvalue weighted by Crippen LogP contribution is 2.14. The predicted octanol–water partition coefficient (Wildman–Crippen LogP) is 2.81. The van der Waals surface area contributed by atoms with E-state index in [1.807, 2.05) is 6.92 Å². The van der Waals surface area contributed by atoms with Crippen LogP contribution in [0.25, 0.3) is 0 Å². The van der Waals surface area contributed by atoms with Crippen LogP contribution >= 0.6 is 0 Å². The van der Waals surface area contributed by atoms with Gasteiger partial charge in [-0.3, -0.25) is 0 Å². The van der Waals surface area contributed by atoms with E-state index in [-0.39, 0.29) is 0 Å². The molecule has 0 saturated carbocycles. The van der Waals surface area contributed by atoms with Gasteiger partial charge in [-0.05, 0) is 25.5 Å². The van der Waals surface area contributed by atoms with E-state index in [0.717, 1.165) is 26.3 Å². The predicted molar refractivity (Wildman–Crippen MR) is 68.8 cm³/mol. The SMILES string of the molecule is CCCNCC(COCC)c1ccccc1. The van der Waals surface area contributed by atoms with Gasteiger partial charge in [-0.2, -0.15) is 0 Å². The fourth-order valence-corrected chi connectivity index (χ4v) is 1.71. The Morgan fingerprint density at radius 2 is 1.94 bits per heavy atom. The van der Waals surface area contributed by atoms with Gasteiger partial charge in [-0.15, -0.1) is 0 Å². The standard InChI is InChI=1S/C14H23NO/c1-3-10-15-11-14(12-16-4-2)13-8-6-5-7-9-13/h5-9,14-15H,3-4,10-12H2,1-2H3. The van der Waals surface area contributed by atoms with Crippen molar-refractivity contribution >= 4 is 0 Å². The minimum atomic E-state index is 0.465. The summed E-state index contributed by atoms with van der Waals surface area (Å²) >= 11 is 0. The molecule has 0 fully saturated rings. The normalized spacial score (nSPS) is 12.6. The fourth-order valence-electron chi connectivity index (χ4n) is 1.71. The molecule has 2 nitrogen and oxygen atoms in total.